The number of rotatable bonds is 7. The standard InChI is InChI=1S/C18H25N3O4S/c1-4-11-19-16(13-15-9-7-6-8-10-15)17(22)14-21(26(3,24)25)20(12-5-2)18(19)23/h4-10,16-17,22H,1-2,11-14H2,3H3/t16-,17-/m1/s1. The van der Waals surface area contributed by atoms with E-state index >= 15 is 0 Å². The first kappa shape index (κ1) is 20.2. The van der Waals surface area contributed by atoms with Gasteiger partial charge in [0.1, 0.15) is 0 Å². The van der Waals surface area contributed by atoms with Crippen LogP contribution in [0.3, 0.4) is 0 Å². The maximum Gasteiger partial charge on any atom is 0.336 e. The molecule has 0 unspecified atom stereocenters. The summed E-state index contributed by atoms with van der Waals surface area (Å²) >= 11 is 0. The van der Waals surface area contributed by atoms with Gasteiger partial charge in [-0.2, -0.15) is 0 Å². The molecular weight excluding hydrogens is 354 g/mol. The van der Waals surface area contributed by atoms with Gasteiger partial charge in [-0.05, 0) is 12.0 Å². The van der Waals surface area contributed by atoms with Gasteiger partial charge < -0.3 is 10.0 Å². The van der Waals surface area contributed by atoms with E-state index in [1.54, 1.807) is 6.08 Å². The average molecular weight is 379 g/mol. The number of amides is 2. The van der Waals surface area contributed by atoms with Crippen molar-refractivity contribution in [2.24, 2.45) is 0 Å². The van der Waals surface area contributed by atoms with Crippen LogP contribution in [0.5, 0.6) is 0 Å². The number of carbonyl (C=O) groups excluding carboxylic acids is 1. The van der Waals surface area contributed by atoms with Crippen molar-refractivity contribution in [1.82, 2.24) is 14.3 Å². The SMILES string of the molecule is C=CCN1C(=O)N(CC=C)N(S(C)(=O)=O)C[C@@H](O)[C@H]1Cc1ccccc1. The summed E-state index contributed by atoms with van der Waals surface area (Å²) in [6.45, 7) is 7.28. The van der Waals surface area contributed by atoms with Crippen molar-refractivity contribution >= 4 is 16.1 Å². The molecule has 7 nitrogen and oxygen atoms in total. The summed E-state index contributed by atoms with van der Waals surface area (Å²) in [5, 5.41) is 11.9. The van der Waals surface area contributed by atoms with Crippen LogP contribution in [0, 0.1) is 0 Å². The Bertz CT molecular complexity index is 751. The number of carbonyl (C=O) groups is 1. The molecule has 2 atom stereocenters. The van der Waals surface area contributed by atoms with Gasteiger partial charge in [0.05, 0.1) is 31.5 Å². The lowest BCUT2D eigenvalue weighted by molar-refractivity contribution is 0.0644. The van der Waals surface area contributed by atoms with Crippen LogP contribution in [0.1, 0.15) is 5.56 Å². The van der Waals surface area contributed by atoms with E-state index in [1.165, 1.54) is 11.0 Å². The smallest absolute Gasteiger partial charge is 0.336 e. The summed E-state index contributed by atoms with van der Waals surface area (Å²) < 4.78 is 25.3. The lowest BCUT2D eigenvalue weighted by Crippen LogP contribution is -2.53. The first-order valence-corrected chi connectivity index (χ1v) is 10.1. The molecule has 1 aliphatic rings. The van der Waals surface area contributed by atoms with Crippen LogP contribution in [0.4, 0.5) is 4.79 Å². The predicted molar refractivity (Wildman–Crippen MR) is 101 cm³/mol. The molecule has 1 saturated heterocycles. The number of nitrogens with zero attached hydrogens (tertiary/aromatic N) is 3. The molecular formula is C18H25N3O4S. The lowest BCUT2D eigenvalue weighted by atomic mass is 10.00. The van der Waals surface area contributed by atoms with Crippen molar-refractivity contribution in [2.75, 3.05) is 25.9 Å². The van der Waals surface area contributed by atoms with Crippen LogP contribution in [-0.2, 0) is 16.4 Å². The third-order valence-corrected chi connectivity index (χ3v) is 5.33. The maximum atomic E-state index is 13.1. The maximum absolute atomic E-state index is 13.1. The Kier molecular flexibility index (Phi) is 6.57. The third-order valence-electron chi connectivity index (χ3n) is 4.22. The summed E-state index contributed by atoms with van der Waals surface area (Å²) in [6.07, 6.45) is 3.37. The third kappa shape index (κ3) is 4.51. The minimum absolute atomic E-state index is 0.0182. The minimum atomic E-state index is -3.74. The van der Waals surface area contributed by atoms with Gasteiger partial charge in [0.25, 0.3) is 0 Å². The summed E-state index contributed by atoms with van der Waals surface area (Å²) in [5.74, 6) is 0. The summed E-state index contributed by atoms with van der Waals surface area (Å²) in [4.78, 5) is 14.5. The van der Waals surface area contributed by atoms with Gasteiger partial charge in [0.15, 0.2) is 0 Å². The number of aliphatic hydroxyl groups excluding tert-OH is 1. The van der Waals surface area contributed by atoms with Gasteiger partial charge in [-0.25, -0.2) is 18.2 Å². The molecule has 1 heterocycles. The average Bonchev–Trinajstić information content (AvgIpc) is 2.68. The fourth-order valence-electron chi connectivity index (χ4n) is 3.03. The zero-order valence-corrected chi connectivity index (χ0v) is 15.7. The Morgan fingerprint density at radius 3 is 2.35 bits per heavy atom. The van der Waals surface area contributed by atoms with E-state index in [9.17, 15) is 18.3 Å². The zero-order chi connectivity index (χ0) is 19.3. The molecule has 0 radical (unpaired) electrons. The molecule has 26 heavy (non-hydrogen) atoms. The molecule has 2 rings (SSSR count). The highest BCUT2D eigenvalue weighted by atomic mass is 32.2. The molecule has 1 aliphatic heterocycles. The molecule has 1 N–H and O–H groups in total. The van der Waals surface area contributed by atoms with E-state index in [-0.39, 0.29) is 19.6 Å². The van der Waals surface area contributed by atoms with Gasteiger partial charge in [-0.15, -0.1) is 17.6 Å². The number of hydrogen-bond donors (Lipinski definition) is 1. The van der Waals surface area contributed by atoms with Crippen molar-refractivity contribution in [3.05, 3.63) is 61.2 Å². The van der Waals surface area contributed by atoms with Gasteiger partial charge in [-0.3, -0.25) is 0 Å². The van der Waals surface area contributed by atoms with Crippen LogP contribution in [-0.4, -0.2) is 71.9 Å². The number of β-amino-alcohol motifs (C(OH)–C–C–N with tert-alkyl or cyclic N) is 1. The molecule has 2 amide bonds. The molecule has 0 aliphatic carbocycles. The van der Waals surface area contributed by atoms with E-state index in [4.69, 9.17) is 0 Å². The topological polar surface area (TPSA) is 81.2 Å². The highest BCUT2D eigenvalue weighted by Crippen LogP contribution is 2.22. The lowest BCUT2D eigenvalue weighted by Gasteiger charge is -2.34. The van der Waals surface area contributed by atoms with E-state index < -0.39 is 28.2 Å². The van der Waals surface area contributed by atoms with Crippen LogP contribution in [0.2, 0.25) is 0 Å². The Morgan fingerprint density at radius 1 is 1.19 bits per heavy atom. The quantitative estimate of drug-likeness (QED) is 0.723. The number of urea groups is 1. The van der Waals surface area contributed by atoms with Crippen molar-refractivity contribution in [2.45, 2.75) is 18.6 Å². The second-order valence-corrected chi connectivity index (χ2v) is 8.07. The molecule has 0 spiro atoms. The van der Waals surface area contributed by atoms with E-state index in [0.717, 1.165) is 21.2 Å². The Hall–Kier alpha value is -2.16. The molecule has 1 aromatic carbocycles. The molecule has 1 aromatic rings. The van der Waals surface area contributed by atoms with E-state index in [0.29, 0.717) is 6.42 Å². The Balaban J connectivity index is 2.45. The fraction of sp³-hybridized carbons (Fsp3) is 0.389. The highest BCUT2D eigenvalue weighted by Gasteiger charge is 2.42. The minimum Gasteiger partial charge on any atom is -0.390 e. The van der Waals surface area contributed by atoms with Crippen molar-refractivity contribution in [1.29, 1.82) is 0 Å². The van der Waals surface area contributed by atoms with Crippen molar-refractivity contribution in [3.63, 3.8) is 0 Å². The number of hydrazine groups is 1. The van der Waals surface area contributed by atoms with Crippen LogP contribution < -0.4 is 0 Å². The second-order valence-electron chi connectivity index (χ2n) is 6.19. The van der Waals surface area contributed by atoms with Gasteiger partial charge in [0, 0.05) is 6.54 Å². The van der Waals surface area contributed by atoms with Crippen LogP contribution in [0.15, 0.2) is 55.6 Å². The summed E-state index contributed by atoms with van der Waals surface area (Å²) in [7, 11) is -3.74. The number of sulfonamides is 1. The molecule has 0 aromatic heterocycles. The van der Waals surface area contributed by atoms with Crippen molar-refractivity contribution in [3.8, 4) is 0 Å². The monoisotopic (exact) mass is 379 g/mol. The van der Waals surface area contributed by atoms with Gasteiger partial charge >= 0.3 is 6.03 Å². The van der Waals surface area contributed by atoms with Crippen LogP contribution in [0.25, 0.3) is 0 Å². The van der Waals surface area contributed by atoms with Gasteiger partial charge in [-0.1, -0.05) is 42.5 Å². The fourth-order valence-corrected chi connectivity index (χ4v) is 3.95. The molecule has 0 saturated carbocycles. The largest absolute Gasteiger partial charge is 0.390 e. The van der Waals surface area contributed by atoms with Crippen molar-refractivity contribution < 1.29 is 18.3 Å². The molecule has 1 fully saturated rings. The molecule has 142 valence electrons. The van der Waals surface area contributed by atoms with Crippen LogP contribution >= 0.6 is 0 Å². The molecule has 8 heteroatoms. The first-order valence-electron chi connectivity index (χ1n) is 8.29. The normalized spacial score (nSPS) is 22.2. The summed E-state index contributed by atoms with van der Waals surface area (Å²) in [5.41, 5.74) is 0.946. The first-order chi connectivity index (χ1) is 12.3. The Labute approximate surface area is 154 Å². The number of aliphatic hydroxyl groups is 1. The number of benzene rings is 1. The number of hydrogen-bond acceptors (Lipinski definition) is 4. The predicted octanol–water partition coefficient (Wildman–Crippen LogP) is 1.24. The summed E-state index contributed by atoms with van der Waals surface area (Å²) in [6, 6.07) is 8.37. The second kappa shape index (κ2) is 8.48. The van der Waals surface area contributed by atoms with Gasteiger partial charge in [0.2, 0.25) is 10.0 Å². The van der Waals surface area contributed by atoms with E-state index in [2.05, 4.69) is 13.2 Å². The Morgan fingerprint density at radius 2 is 1.81 bits per heavy atom. The highest BCUT2D eigenvalue weighted by molar-refractivity contribution is 7.88. The van der Waals surface area contributed by atoms with E-state index in [1.807, 2.05) is 30.3 Å². The zero-order valence-electron chi connectivity index (χ0n) is 14.9. The molecule has 0 bridgehead atoms.